The zero-order valence-electron chi connectivity index (χ0n) is 11.3. The molecular weight excluding hydrogens is 265 g/mol. The normalized spacial score (nSPS) is 11.0. The van der Waals surface area contributed by atoms with E-state index in [4.69, 9.17) is 0 Å². The Kier molecular flexibility index (Phi) is 4.76. The summed E-state index contributed by atoms with van der Waals surface area (Å²) in [5.41, 5.74) is 1.26. The Morgan fingerprint density at radius 3 is 2.33 bits per heavy atom. The molecule has 6 heteroatoms. The highest BCUT2D eigenvalue weighted by Gasteiger charge is 2.19. The highest BCUT2D eigenvalue weighted by Crippen LogP contribution is 2.16. The Bertz CT molecular complexity index is 685. The summed E-state index contributed by atoms with van der Waals surface area (Å²) in [5.74, 6) is 0.669. The van der Waals surface area contributed by atoms with Crippen LogP contribution in [0.1, 0.15) is 5.82 Å². The van der Waals surface area contributed by atoms with Crippen LogP contribution in [0.25, 0.3) is 17.0 Å². The molecule has 0 fully saturated rings. The summed E-state index contributed by atoms with van der Waals surface area (Å²) in [6.07, 6.45) is 4.84. The van der Waals surface area contributed by atoms with E-state index in [2.05, 4.69) is 28.1 Å². The first kappa shape index (κ1) is 14.8. The largest absolute Gasteiger partial charge is 0.528 e. The van der Waals surface area contributed by atoms with E-state index in [9.17, 15) is 10.0 Å². The summed E-state index contributed by atoms with van der Waals surface area (Å²) in [7, 11) is -1.77. The molecule has 0 radical (unpaired) electrons. The van der Waals surface area contributed by atoms with Crippen molar-refractivity contribution < 1.29 is 10.0 Å². The van der Waals surface area contributed by atoms with Crippen molar-refractivity contribution in [3.8, 4) is 11.4 Å². The van der Waals surface area contributed by atoms with Crippen LogP contribution in [0.2, 0.25) is 0 Å². The van der Waals surface area contributed by atoms with Crippen molar-refractivity contribution >= 4 is 18.4 Å². The van der Waals surface area contributed by atoms with Gasteiger partial charge in [0.2, 0.25) is 0 Å². The van der Waals surface area contributed by atoms with Gasteiger partial charge in [-0.2, -0.15) is 0 Å². The van der Waals surface area contributed by atoms with Crippen LogP contribution in [0, 0.1) is 0 Å². The second-order valence-corrected chi connectivity index (χ2v) is 4.14. The van der Waals surface area contributed by atoms with E-state index in [1.807, 2.05) is 30.3 Å². The van der Waals surface area contributed by atoms with Crippen LogP contribution in [0.5, 0.6) is 0 Å². The molecule has 0 aliphatic rings. The van der Waals surface area contributed by atoms with Crippen molar-refractivity contribution in [2.24, 2.45) is 0 Å². The molecule has 21 heavy (non-hydrogen) atoms. The van der Waals surface area contributed by atoms with E-state index in [-0.39, 0.29) is 5.72 Å². The topological polar surface area (TPSA) is 79.1 Å². The van der Waals surface area contributed by atoms with E-state index in [0.29, 0.717) is 17.2 Å². The van der Waals surface area contributed by atoms with Crippen LogP contribution in [-0.2, 0) is 0 Å². The van der Waals surface area contributed by atoms with Crippen molar-refractivity contribution in [2.45, 2.75) is 0 Å². The molecule has 0 aliphatic carbocycles. The predicted molar refractivity (Wildman–Crippen MR) is 83.5 cm³/mol. The average molecular weight is 279 g/mol. The van der Waals surface area contributed by atoms with Crippen LogP contribution >= 0.6 is 0 Å². The Labute approximate surface area is 123 Å². The van der Waals surface area contributed by atoms with Gasteiger partial charge in [0.25, 0.3) is 0 Å². The first-order valence-electron chi connectivity index (χ1n) is 6.28. The van der Waals surface area contributed by atoms with Gasteiger partial charge in [-0.3, -0.25) is 0 Å². The Morgan fingerprint density at radius 2 is 1.76 bits per heavy atom. The lowest BCUT2D eigenvalue weighted by Gasteiger charge is -2.07. The van der Waals surface area contributed by atoms with Crippen molar-refractivity contribution in [3.05, 3.63) is 67.5 Å². The molecule has 5 nitrogen and oxygen atoms in total. The third-order valence-electron chi connectivity index (χ3n) is 2.69. The second-order valence-electron chi connectivity index (χ2n) is 4.14. The van der Waals surface area contributed by atoms with Crippen LogP contribution in [0.15, 0.2) is 61.7 Å². The van der Waals surface area contributed by atoms with Gasteiger partial charge in [0.05, 0.1) is 0 Å². The number of rotatable bonds is 5. The van der Waals surface area contributed by atoms with Crippen molar-refractivity contribution in [3.63, 3.8) is 0 Å². The molecule has 0 aliphatic heterocycles. The molecule has 2 aromatic rings. The molecular formula is C15H14BN3O2. The van der Waals surface area contributed by atoms with E-state index >= 15 is 0 Å². The molecule has 1 heterocycles. The predicted octanol–water partition coefficient (Wildman–Crippen LogP) is 0.974. The fourth-order valence-corrected chi connectivity index (χ4v) is 1.71. The minimum Gasteiger partial charge on any atom is -0.421 e. The number of hydrogen-bond donors (Lipinski definition) is 2. The molecule has 0 amide bonds. The maximum absolute atomic E-state index is 9.34. The van der Waals surface area contributed by atoms with Crippen molar-refractivity contribution in [1.82, 2.24) is 15.0 Å². The van der Waals surface area contributed by atoms with Gasteiger partial charge in [0, 0.05) is 11.1 Å². The summed E-state index contributed by atoms with van der Waals surface area (Å²) in [6, 6.07) is 9.23. The Hall–Kier alpha value is -2.57. The van der Waals surface area contributed by atoms with Gasteiger partial charge in [-0.05, 0) is 0 Å². The van der Waals surface area contributed by atoms with Crippen LogP contribution in [0.4, 0.5) is 0 Å². The summed E-state index contributed by atoms with van der Waals surface area (Å²) in [4.78, 5) is 12.5. The van der Waals surface area contributed by atoms with Crippen LogP contribution in [-0.4, -0.2) is 32.1 Å². The first-order valence-corrected chi connectivity index (χ1v) is 6.28. The summed E-state index contributed by atoms with van der Waals surface area (Å²) < 4.78 is 0. The lowest BCUT2D eigenvalue weighted by Crippen LogP contribution is -2.37. The maximum Gasteiger partial charge on any atom is 0.528 e. The van der Waals surface area contributed by atoms with E-state index in [1.54, 1.807) is 18.2 Å². The Balaban J connectivity index is 2.62. The van der Waals surface area contributed by atoms with Crippen molar-refractivity contribution in [2.75, 3.05) is 0 Å². The zero-order valence-corrected chi connectivity index (χ0v) is 11.3. The fourth-order valence-electron chi connectivity index (χ4n) is 1.71. The van der Waals surface area contributed by atoms with Crippen LogP contribution < -0.4 is 5.72 Å². The number of allylic oxidation sites excluding steroid dienone is 4. The summed E-state index contributed by atoms with van der Waals surface area (Å²) >= 11 is 0. The highest BCUT2D eigenvalue weighted by molar-refractivity contribution is 6.56. The van der Waals surface area contributed by atoms with E-state index in [1.165, 1.54) is 0 Å². The standard InChI is InChI=1S/C15H14BN3O2/c1-3-8-11(4-2)13-17-14(12-9-6-5-7-10-12)19-15(18-13)16(20)21/h3-10,20-21H,1-2H2/b11-8+. The summed E-state index contributed by atoms with van der Waals surface area (Å²) in [6.45, 7) is 7.31. The monoisotopic (exact) mass is 279 g/mol. The van der Waals surface area contributed by atoms with Gasteiger partial charge in [0.1, 0.15) is 0 Å². The van der Waals surface area contributed by atoms with E-state index in [0.717, 1.165) is 5.56 Å². The average Bonchev–Trinajstić information content (AvgIpc) is 2.53. The molecule has 1 aromatic carbocycles. The van der Waals surface area contributed by atoms with Gasteiger partial charge in [-0.15, -0.1) is 0 Å². The highest BCUT2D eigenvalue weighted by atomic mass is 16.4. The second kappa shape index (κ2) is 6.74. The minimum absolute atomic E-state index is 0.115. The quantitative estimate of drug-likeness (QED) is 0.630. The number of benzene rings is 1. The lowest BCUT2D eigenvalue weighted by atomic mass is 9.90. The number of nitrogens with zero attached hydrogens (tertiary/aromatic N) is 3. The third-order valence-corrected chi connectivity index (χ3v) is 2.69. The molecule has 0 spiro atoms. The molecule has 1 aromatic heterocycles. The molecule has 0 unspecified atom stereocenters. The first-order chi connectivity index (χ1) is 10.2. The van der Waals surface area contributed by atoms with E-state index < -0.39 is 7.12 Å². The lowest BCUT2D eigenvalue weighted by molar-refractivity contribution is 0.422. The molecule has 0 atom stereocenters. The van der Waals surface area contributed by atoms with Gasteiger partial charge in [-0.25, -0.2) is 15.0 Å². The molecule has 2 rings (SSSR count). The number of aromatic nitrogens is 3. The van der Waals surface area contributed by atoms with Crippen molar-refractivity contribution in [1.29, 1.82) is 0 Å². The SMILES string of the molecule is C=C/C=C(\C=C)c1nc(B(O)O)nc(-c2ccccc2)n1. The molecule has 104 valence electrons. The van der Waals surface area contributed by atoms with Gasteiger partial charge in [-0.1, -0.05) is 61.7 Å². The Morgan fingerprint density at radius 1 is 1.05 bits per heavy atom. The molecule has 0 bridgehead atoms. The van der Waals surface area contributed by atoms with Gasteiger partial charge >= 0.3 is 7.12 Å². The molecule has 2 N–H and O–H groups in total. The molecule has 0 saturated heterocycles. The maximum atomic E-state index is 9.34. The fraction of sp³-hybridized carbons (Fsp3) is 0. The smallest absolute Gasteiger partial charge is 0.421 e. The third kappa shape index (κ3) is 3.50. The summed E-state index contributed by atoms with van der Waals surface area (Å²) in [5, 5.41) is 18.7. The molecule has 0 saturated carbocycles. The van der Waals surface area contributed by atoms with Gasteiger partial charge < -0.3 is 10.0 Å². The number of hydrogen-bond acceptors (Lipinski definition) is 5. The zero-order chi connectivity index (χ0) is 15.2. The minimum atomic E-state index is -1.77. The van der Waals surface area contributed by atoms with Gasteiger partial charge in [0.15, 0.2) is 17.4 Å². The van der Waals surface area contributed by atoms with Crippen LogP contribution in [0.3, 0.4) is 0 Å².